The minimum Gasteiger partial charge on any atom is -0.493 e. The van der Waals surface area contributed by atoms with Crippen molar-refractivity contribution in [1.29, 1.82) is 0 Å². The predicted octanol–water partition coefficient (Wildman–Crippen LogP) is 6.32. The van der Waals surface area contributed by atoms with Crippen LogP contribution in [-0.2, 0) is 9.59 Å². The number of carbonyl (C=O) groups excluding carboxylic acids is 2. The molecule has 0 saturated carbocycles. The lowest BCUT2D eigenvalue weighted by molar-refractivity contribution is -0.141. The van der Waals surface area contributed by atoms with Gasteiger partial charge in [-0.1, -0.05) is 13.8 Å². The minimum absolute atomic E-state index is 0.00496. The number of ketones is 2. The first-order chi connectivity index (χ1) is 20.4. The van der Waals surface area contributed by atoms with E-state index in [9.17, 15) is 19.2 Å². The molecule has 0 aliphatic carbocycles. The highest BCUT2D eigenvalue weighted by Gasteiger charge is 2.23. The summed E-state index contributed by atoms with van der Waals surface area (Å²) in [5.74, 6) is -4.44. The molecule has 0 radical (unpaired) electrons. The Labute approximate surface area is 253 Å². The van der Waals surface area contributed by atoms with Crippen LogP contribution in [-0.4, -0.2) is 61.2 Å². The molecule has 228 valence electrons. The molecule has 13 heteroatoms. The van der Waals surface area contributed by atoms with Crippen LogP contribution in [0.4, 0.5) is 4.39 Å². The van der Waals surface area contributed by atoms with Gasteiger partial charge in [-0.2, -0.15) is 0 Å². The van der Waals surface area contributed by atoms with Gasteiger partial charge in [0.15, 0.2) is 40.4 Å². The number of halogens is 1. The third kappa shape index (κ3) is 7.05. The third-order valence-corrected chi connectivity index (χ3v) is 8.93. The van der Waals surface area contributed by atoms with E-state index in [-0.39, 0.29) is 53.6 Å². The second kappa shape index (κ2) is 13.4. The van der Waals surface area contributed by atoms with E-state index in [1.165, 1.54) is 45.5 Å². The van der Waals surface area contributed by atoms with Crippen molar-refractivity contribution in [2.75, 3.05) is 27.4 Å². The van der Waals surface area contributed by atoms with Crippen LogP contribution in [0.3, 0.4) is 0 Å². The zero-order valence-corrected chi connectivity index (χ0v) is 25.4. The molecule has 0 aliphatic rings. The fourth-order valence-corrected chi connectivity index (χ4v) is 6.26. The zero-order chi connectivity index (χ0) is 31.4. The Morgan fingerprint density at radius 2 is 1.28 bits per heavy atom. The van der Waals surface area contributed by atoms with Crippen molar-refractivity contribution in [3.05, 3.63) is 45.9 Å². The first-order valence-corrected chi connectivity index (χ1v) is 14.8. The molecule has 4 rings (SSSR count). The van der Waals surface area contributed by atoms with Crippen LogP contribution in [0.15, 0.2) is 30.3 Å². The van der Waals surface area contributed by atoms with Crippen molar-refractivity contribution in [2.45, 2.75) is 26.7 Å². The normalized spacial score (nSPS) is 12.6. The fraction of sp³-hybridized carbons (Fsp3) is 0.333. The quantitative estimate of drug-likeness (QED) is 0.113. The lowest BCUT2D eigenvalue weighted by Crippen LogP contribution is -2.14. The average Bonchev–Trinajstić information content (AvgIpc) is 3.59. The van der Waals surface area contributed by atoms with Gasteiger partial charge in [0.1, 0.15) is 13.2 Å². The number of rotatable bonds is 15. The Morgan fingerprint density at radius 1 is 0.744 bits per heavy atom. The van der Waals surface area contributed by atoms with Crippen LogP contribution in [0, 0.1) is 17.7 Å². The summed E-state index contributed by atoms with van der Waals surface area (Å²) >= 11 is 2.28. The molecule has 2 aromatic carbocycles. The largest absolute Gasteiger partial charge is 0.493 e. The Bertz CT molecular complexity index is 1710. The van der Waals surface area contributed by atoms with Crippen molar-refractivity contribution in [2.24, 2.45) is 11.8 Å². The van der Waals surface area contributed by atoms with Crippen LogP contribution < -0.4 is 18.9 Å². The van der Waals surface area contributed by atoms with Crippen molar-refractivity contribution in [3.8, 4) is 23.0 Å². The Morgan fingerprint density at radius 3 is 1.86 bits per heavy atom. The smallest absolute Gasteiger partial charge is 0.306 e. The summed E-state index contributed by atoms with van der Waals surface area (Å²) in [5.41, 5.74) is 0. The van der Waals surface area contributed by atoms with Gasteiger partial charge in [-0.25, -0.2) is 4.39 Å². The number of fused-ring (bicyclic) bond motifs is 2. The number of ether oxygens (including phenoxy) is 4. The molecule has 2 atom stereocenters. The van der Waals surface area contributed by atoms with E-state index in [0.29, 0.717) is 26.5 Å². The molecule has 43 heavy (non-hydrogen) atoms. The molecule has 0 fully saturated rings. The zero-order valence-electron chi connectivity index (χ0n) is 23.7. The van der Waals surface area contributed by atoms with Crippen molar-refractivity contribution >= 4 is 66.4 Å². The molecule has 0 bridgehead atoms. The summed E-state index contributed by atoms with van der Waals surface area (Å²) in [6.45, 7) is 2.83. The van der Waals surface area contributed by atoms with Gasteiger partial charge < -0.3 is 29.2 Å². The Balaban J connectivity index is 1.47. The molecule has 2 heterocycles. The van der Waals surface area contributed by atoms with Crippen molar-refractivity contribution in [1.82, 2.24) is 0 Å². The number of aliphatic carboxylic acids is 2. The molecule has 0 saturated heterocycles. The van der Waals surface area contributed by atoms with E-state index in [2.05, 4.69) is 0 Å². The third-order valence-electron chi connectivity index (χ3n) is 6.67. The van der Waals surface area contributed by atoms with Gasteiger partial charge in [0.2, 0.25) is 0 Å². The van der Waals surface area contributed by atoms with Gasteiger partial charge in [0, 0.05) is 39.8 Å². The summed E-state index contributed by atoms with van der Waals surface area (Å²) in [5, 5.41) is 19.1. The molecule has 10 nitrogen and oxygen atoms in total. The number of carbonyl (C=O) groups is 4. The lowest BCUT2D eigenvalue weighted by atomic mass is 10.0. The Kier molecular flexibility index (Phi) is 9.87. The fourth-order valence-electron chi connectivity index (χ4n) is 4.21. The number of carboxylic acid groups (broad SMARTS) is 2. The Hall–Kier alpha value is -4.23. The number of thiophene rings is 2. The standard InChI is InChI=1S/C30H29FO10S2/c1-14(29(34)35)7-18(32)25-10-16-9-21(20(38-3)12-23(16)42-25)40-5-6-41-28-22(39-4)13-24-17(27(28)31)11-26(43-24)19(33)8-15(2)30(36)37/h9-15H,5-8H2,1-4H3,(H,34,35)(H,36,37)/t14-,15+/m1/s1. The summed E-state index contributed by atoms with van der Waals surface area (Å²) in [7, 11) is 2.83. The van der Waals surface area contributed by atoms with Gasteiger partial charge in [-0.3, -0.25) is 19.2 Å². The molecular weight excluding hydrogens is 603 g/mol. The predicted molar refractivity (Wildman–Crippen MR) is 159 cm³/mol. The molecular formula is C30H29FO10S2. The number of hydrogen-bond donors (Lipinski definition) is 2. The van der Waals surface area contributed by atoms with Gasteiger partial charge in [0.05, 0.1) is 35.8 Å². The van der Waals surface area contributed by atoms with Crippen LogP contribution in [0.5, 0.6) is 23.0 Å². The van der Waals surface area contributed by atoms with Gasteiger partial charge in [-0.05, 0) is 23.6 Å². The molecule has 0 unspecified atom stereocenters. The maximum atomic E-state index is 15.5. The summed E-state index contributed by atoms with van der Waals surface area (Å²) < 4.78 is 39.0. The van der Waals surface area contributed by atoms with E-state index in [1.54, 1.807) is 24.3 Å². The highest BCUT2D eigenvalue weighted by Crippen LogP contribution is 2.41. The summed E-state index contributed by atoms with van der Waals surface area (Å²) in [6, 6.07) is 8.04. The number of methoxy groups -OCH3 is 2. The SMILES string of the molecule is COc1cc2sc(C(=O)C[C@@H](C)C(=O)O)cc2cc1OCCOc1c(OC)cc2sc(C(=O)C[C@H](C)C(=O)O)cc2c1F. The minimum atomic E-state index is -1.09. The van der Waals surface area contributed by atoms with Gasteiger partial charge in [-0.15, -0.1) is 22.7 Å². The first-order valence-electron chi connectivity index (χ1n) is 13.1. The maximum absolute atomic E-state index is 15.5. The van der Waals surface area contributed by atoms with E-state index >= 15 is 4.39 Å². The molecule has 0 spiro atoms. The van der Waals surface area contributed by atoms with Crippen LogP contribution in [0.2, 0.25) is 0 Å². The van der Waals surface area contributed by atoms with E-state index in [4.69, 9.17) is 29.2 Å². The van der Waals surface area contributed by atoms with Crippen molar-refractivity contribution in [3.63, 3.8) is 0 Å². The van der Waals surface area contributed by atoms with E-state index < -0.39 is 35.4 Å². The van der Waals surface area contributed by atoms with E-state index in [0.717, 1.165) is 16.0 Å². The number of carboxylic acids is 2. The number of benzene rings is 2. The summed E-state index contributed by atoms with van der Waals surface area (Å²) in [4.78, 5) is 48.0. The highest BCUT2D eigenvalue weighted by atomic mass is 32.1. The summed E-state index contributed by atoms with van der Waals surface area (Å²) in [6.07, 6.45) is -0.317. The van der Waals surface area contributed by atoms with Crippen molar-refractivity contribution < 1.29 is 52.7 Å². The molecule has 2 N–H and O–H groups in total. The average molecular weight is 633 g/mol. The van der Waals surface area contributed by atoms with Gasteiger partial charge >= 0.3 is 11.9 Å². The monoisotopic (exact) mass is 632 g/mol. The van der Waals surface area contributed by atoms with E-state index in [1.807, 2.05) is 0 Å². The lowest BCUT2D eigenvalue weighted by Gasteiger charge is -2.14. The van der Waals surface area contributed by atoms with Crippen LogP contribution in [0.1, 0.15) is 46.0 Å². The molecule has 0 amide bonds. The van der Waals surface area contributed by atoms with Crippen LogP contribution >= 0.6 is 22.7 Å². The van der Waals surface area contributed by atoms with Crippen LogP contribution in [0.25, 0.3) is 20.2 Å². The molecule has 0 aliphatic heterocycles. The van der Waals surface area contributed by atoms with Gasteiger partial charge in [0.25, 0.3) is 0 Å². The first kappa shape index (κ1) is 31.7. The number of hydrogen-bond acceptors (Lipinski definition) is 10. The molecule has 4 aromatic rings. The molecule has 2 aromatic heterocycles. The topological polar surface area (TPSA) is 146 Å². The second-order valence-electron chi connectivity index (χ2n) is 9.83. The maximum Gasteiger partial charge on any atom is 0.306 e. The highest BCUT2D eigenvalue weighted by molar-refractivity contribution is 7.21. The number of Topliss-reactive ketones (excluding diaryl/α,β-unsaturated/α-hetero) is 2. The second-order valence-corrected chi connectivity index (χ2v) is 12.0.